The number of Topliss-reactive ketones (excluding diaryl/α,β-unsaturated/α-hetero) is 1. The SMILES string of the molecule is COc1ccc(C(=O)C2CCN(C(=O)CCCc3nc(C(C)C)cc(=O)[nH]3)CC2)cn1. The third-order valence-corrected chi connectivity index (χ3v) is 5.65. The van der Waals surface area contributed by atoms with Gasteiger partial charge in [-0.25, -0.2) is 9.97 Å². The maximum Gasteiger partial charge on any atom is 0.251 e. The number of ether oxygens (including phenoxy) is 1. The maximum atomic E-state index is 12.7. The molecule has 0 aliphatic carbocycles. The molecule has 1 fully saturated rings. The molecule has 2 aromatic heterocycles. The first kappa shape index (κ1) is 22.7. The summed E-state index contributed by atoms with van der Waals surface area (Å²) in [5.41, 5.74) is 1.19. The number of carbonyl (C=O) groups is 2. The van der Waals surface area contributed by atoms with Crippen LogP contribution in [0.3, 0.4) is 0 Å². The summed E-state index contributed by atoms with van der Waals surface area (Å²) in [6, 6.07) is 4.94. The number of nitrogens with one attached hydrogen (secondary N) is 1. The Morgan fingerprint density at radius 2 is 2.00 bits per heavy atom. The van der Waals surface area contributed by atoms with E-state index in [9.17, 15) is 14.4 Å². The van der Waals surface area contributed by atoms with E-state index < -0.39 is 0 Å². The molecule has 0 saturated carbocycles. The highest BCUT2D eigenvalue weighted by molar-refractivity contribution is 5.97. The normalized spacial score (nSPS) is 14.6. The van der Waals surface area contributed by atoms with E-state index in [4.69, 9.17) is 4.74 Å². The zero-order chi connectivity index (χ0) is 22.4. The molecule has 2 aromatic rings. The highest BCUT2D eigenvalue weighted by atomic mass is 16.5. The molecule has 166 valence electrons. The number of rotatable bonds is 8. The molecule has 8 heteroatoms. The number of H-pyrrole nitrogens is 1. The Balaban J connectivity index is 1.46. The number of carbonyl (C=O) groups excluding carboxylic acids is 2. The van der Waals surface area contributed by atoms with Crippen molar-refractivity contribution >= 4 is 11.7 Å². The van der Waals surface area contributed by atoms with Crippen LogP contribution in [0.5, 0.6) is 5.88 Å². The lowest BCUT2D eigenvalue weighted by atomic mass is 9.89. The summed E-state index contributed by atoms with van der Waals surface area (Å²) in [7, 11) is 1.54. The number of aromatic amines is 1. The second-order valence-corrected chi connectivity index (χ2v) is 8.23. The summed E-state index contributed by atoms with van der Waals surface area (Å²) < 4.78 is 5.03. The van der Waals surface area contributed by atoms with E-state index in [1.807, 2.05) is 18.7 Å². The molecule has 1 aliphatic rings. The monoisotopic (exact) mass is 426 g/mol. The third kappa shape index (κ3) is 5.99. The standard InChI is InChI=1S/C23H30N4O4/c1-15(2)18-13-20(28)26-19(25-18)5-4-6-22(29)27-11-9-16(10-12-27)23(30)17-7-8-21(31-3)24-14-17/h7-8,13-16H,4-6,9-12H2,1-3H3,(H,25,26,28). The number of likely N-dealkylation sites (tertiary alicyclic amines) is 1. The van der Waals surface area contributed by atoms with Crippen molar-refractivity contribution in [3.05, 3.63) is 51.8 Å². The van der Waals surface area contributed by atoms with E-state index in [1.165, 1.54) is 13.2 Å². The Morgan fingerprint density at radius 1 is 1.26 bits per heavy atom. The van der Waals surface area contributed by atoms with E-state index in [0.717, 1.165) is 5.69 Å². The van der Waals surface area contributed by atoms with E-state index in [2.05, 4.69) is 15.0 Å². The molecule has 0 aromatic carbocycles. The van der Waals surface area contributed by atoms with Gasteiger partial charge in [0.2, 0.25) is 11.8 Å². The van der Waals surface area contributed by atoms with Crippen molar-refractivity contribution < 1.29 is 14.3 Å². The smallest absolute Gasteiger partial charge is 0.251 e. The number of hydrogen-bond donors (Lipinski definition) is 1. The molecule has 0 radical (unpaired) electrons. The van der Waals surface area contributed by atoms with Crippen molar-refractivity contribution in [1.29, 1.82) is 0 Å². The Kier molecular flexibility index (Phi) is 7.55. The second-order valence-electron chi connectivity index (χ2n) is 8.23. The number of nitrogens with zero attached hydrogens (tertiary/aromatic N) is 3. The van der Waals surface area contributed by atoms with Gasteiger partial charge in [0.05, 0.1) is 12.8 Å². The van der Waals surface area contributed by atoms with Crippen molar-refractivity contribution in [2.45, 2.75) is 51.9 Å². The van der Waals surface area contributed by atoms with Crippen molar-refractivity contribution in [2.75, 3.05) is 20.2 Å². The van der Waals surface area contributed by atoms with Gasteiger partial charge in [0.15, 0.2) is 5.78 Å². The molecule has 8 nitrogen and oxygen atoms in total. The molecule has 0 bridgehead atoms. The molecular formula is C23H30N4O4. The topological polar surface area (TPSA) is 105 Å². The van der Waals surface area contributed by atoms with Crippen molar-refractivity contribution in [1.82, 2.24) is 19.9 Å². The summed E-state index contributed by atoms with van der Waals surface area (Å²) in [5.74, 6) is 1.35. The molecule has 1 aliphatic heterocycles. The molecule has 1 saturated heterocycles. The van der Waals surface area contributed by atoms with Crippen LogP contribution in [0.25, 0.3) is 0 Å². The number of ketones is 1. The Labute approximate surface area is 182 Å². The van der Waals surface area contributed by atoms with E-state index in [0.29, 0.717) is 62.5 Å². The van der Waals surface area contributed by atoms with Gasteiger partial charge in [-0.3, -0.25) is 14.4 Å². The Morgan fingerprint density at radius 3 is 2.61 bits per heavy atom. The van der Waals surface area contributed by atoms with E-state index in [-0.39, 0.29) is 29.1 Å². The average Bonchev–Trinajstić information content (AvgIpc) is 2.78. The van der Waals surface area contributed by atoms with Gasteiger partial charge in [0.25, 0.3) is 5.56 Å². The fourth-order valence-electron chi connectivity index (χ4n) is 3.78. The van der Waals surface area contributed by atoms with E-state index >= 15 is 0 Å². The number of aromatic nitrogens is 3. The molecule has 0 spiro atoms. The largest absolute Gasteiger partial charge is 0.481 e. The van der Waals surface area contributed by atoms with Crippen molar-refractivity contribution in [3.8, 4) is 5.88 Å². The van der Waals surface area contributed by atoms with Crippen LogP contribution < -0.4 is 10.3 Å². The summed E-state index contributed by atoms with van der Waals surface area (Å²) in [5, 5.41) is 0. The van der Waals surface area contributed by atoms with Gasteiger partial charge in [-0.05, 0) is 31.2 Å². The molecule has 0 unspecified atom stereocenters. The zero-order valence-corrected chi connectivity index (χ0v) is 18.4. The van der Waals surface area contributed by atoms with E-state index in [1.54, 1.807) is 18.3 Å². The van der Waals surface area contributed by atoms with Crippen LogP contribution in [0.2, 0.25) is 0 Å². The van der Waals surface area contributed by atoms with Crippen LogP contribution in [0.15, 0.2) is 29.2 Å². The lowest BCUT2D eigenvalue weighted by molar-refractivity contribution is -0.132. The first-order valence-electron chi connectivity index (χ1n) is 10.8. The van der Waals surface area contributed by atoms with Crippen LogP contribution in [0, 0.1) is 5.92 Å². The van der Waals surface area contributed by atoms with Crippen molar-refractivity contribution in [2.24, 2.45) is 5.92 Å². The molecule has 1 amide bonds. The van der Waals surface area contributed by atoms with Gasteiger partial charge in [-0.1, -0.05) is 13.8 Å². The Bertz CT molecular complexity index is 960. The Hall–Kier alpha value is -3.03. The summed E-state index contributed by atoms with van der Waals surface area (Å²) in [4.78, 5) is 50.2. The number of hydrogen-bond acceptors (Lipinski definition) is 6. The number of amides is 1. The number of pyridine rings is 1. The van der Waals surface area contributed by atoms with Gasteiger partial charge in [0, 0.05) is 55.7 Å². The number of piperidine rings is 1. The van der Waals surface area contributed by atoms with Crippen LogP contribution in [0.1, 0.15) is 67.3 Å². The molecule has 3 rings (SSSR count). The van der Waals surface area contributed by atoms with Crippen molar-refractivity contribution in [3.63, 3.8) is 0 Å². The highest BCUT2D eigenvalue weighted by Crippen LogP contribution is 2.23. The highest BCUT2D eigenvalue weighted by Gasteiger charge is 2.28. The zero-order valence-electron chi connectivity index (χ0n) is 18.4. The fraction of sp³-hybridized carbons (Fsp3) is 0.522. The van der Waals surface area contributed by atoms with Crippen LogP contribution in [0.4, 0.5) is 0 Å². The molecular weight excluding hydrogens is 396 g/mol. The van der Waals surface area contributed by atoms with Gasteiger partial charge >= 0.3 is 0 Å². The summed E-state index contributed by atoms with van der Waals surface area (Å²) >= 11 is 0. The fourth-order valence-corrected chi connectivity index (χ4v) is 3.78. The predicted octanol–water partition coefficient (Wildman–Crippen LogP) is 2.74. The van der Waals surface area contributed by atoms with Gasteiger partial charge < -0.3 is 14.6 Å². The first-order valence-corrected chi connectivity index (χ1v) is 10.8. The quantitative estimate of drug-likeness (QED) is 0.651. The minimum Gasteiger partial charge on any atom is -0.481 e. The lowest BCUT2D eigenvalue weighted by Crippen LogP contribution is -2.40. The van der Waals surface area contributed by atoms with Gasteiger partial charge in [-0.2, -0.15) is 0 Å². The lowest BCUT2D eigenvalue weighted by Gasteiger charge is -2.31. The number of methoxy groups -OCH3 is 1. The van der Waals surface area contributed by atoms with Gasteiger partial charge in [-0.15, -0.1) is 0 Å². The first-order chi connectivity index (χ1) is 14.9. The van der Waals surface area contributed by atoms with Crippen LogP contribution in [-0.4, -0.2) is 51.7 Å². The molecule has 1 N–H and O–H groups in total. The summed E-state index contributed by atoms with van der Waals surface area (Å²) in [6.07, 6.45) is 4.44. The predicted molar refractivity (Wildman–Crippen MR) is 116 cm³/mol. The minimum absolute atomic E-state index is 0.0716. The summed E-state index contributed by atoms with van der Waals surface area (Å²) in [6.45, 7) is 5.15. The minimum atomic E-state index is -0.154. The third-order valence-electron chi connectivity index (χ3n) is 5.65. The average molecular weight is 427 g/mol. The van der Waals surface area contributed by atoms with Crippen LogP contribution in [-0.2, 0) is 11.2 Å². The van der Waals surface area contributed by atoms with Gasteiger partial charge in [0.1, 0.15) is 5.82 Å². The number of aryl methyl sites for hydroxylation is 1. The molecule has 3 heterocycles. The second kappa shape index (κ2) is 10.3. The van der Waals surface area contributed by atoms with Crippen LogP contribution >= 0.6 is 0 Å². The molecule has 31 heavy (non-hydrogen) atoms. The molecule has 0 atom stereocenters. The maximum absolute atomic E-state index is 12.7.